The number of aromatic nitrogens is 1. The lowest BCUT2D eigenvalue weighted by Crippen LogP contribution is -2.36. The van der Waals surface area contributed by atoms with E-state index in [0.717, 1.165) is 20.0 Å². The molecule has 2 N–H and O–H groups in total. The highest BCUT2D eigenvalue weighted by molar-refractivity contribution is 14.1. The standard InChI is InChI=1S/C22H22IN3O2/c1-14(2)28-21-8-7-16(23)12-19(21)22(27)26-17(9-10-24)11-15-13-25-20-6-4-3-5-18(15)20/h3-8,12-14,17,25H,9,11H2,1-2H3,(H,26,27). The number of carbonyl (C=O) groups excluding carboxylic acids is 1. The predicted molar refractivity (Wildman–Crippen MR) is 118 cm³/mol. The summed E-state index contributed by atoms with van der Waals surface area (Å²) >= 11 is 2.17. The number of hydrogen-bond acceptors (Lipinski definition) is 3. The fourth-order valence-electron chi connectivity index (χ4n) is 3.15. The number of hydrogen-bond donors (Lipinski definition) is 2. The minimum Gasteiger partial charge on any atom is -0.490 e. The van der Waals surface area contributed by atoms with Crippen LogP contribution < -0.4 is 10.1 Å². The average Bonchev–Trinajstić information content (AvgIpc) is 3.06. The van der Waals surface area contributed by atoms with Crippen LogP contribution in [0.2, 0.25) is 0 Å². The van der Waals surface area contributed by atoms with Crippen molar-refractivity contribution in [3.8, 4) is 11.8 Å². The van der Waals surface area contributed by atoms with Gasteiger partial charge in [-0.15, -0.1) is 0 Å². The summed E-state index contributed by atoms with van der Waals surface area (Å²) in [6.07, 6.45) is 2.72. The van der Waals surface area contributed by atoms with Crippen molar-refractivity contribution in [1.29, 1.82) is 5.26 Å². The maximum absolute atomic E-state index is 13.0. The molecule has 3 rings (SSSR count). The second-order valence-corrected chi connectivity index (χ2v) is 8.15. The van der Waals surface area contributed by atoms with E-state index in [2.05, 4.69) is 39.0 Å². The largest absolute Gasteiger partial charge is 0.490 e. The van der Waals surface area contributed by atoms with Crippen LogP contribution in [-0.2, 0) is 6.42 Å². The van der Waals surface area contributed by atoms with Gasteiger partial charge in [-0.25, -0.2) is 0 Å². The summed E-state index contributed by atoms with van der Waals surface area (Å²) in [5.41, 5.74) is 2.62. The Morgan fingerprint density at radius 1 is 1.29 bits per heavy atom. The Bertz CT molecular complexity index is 1020. The number of aromatic amines is 1. The van der Waals surface area contributed by atoms with Gasteiger partial charge in [-0.05, 0) is 72.7 Å². The molecule has 0 fully saturated rings. The monoisotopic (exact) mass is 487 g/mol. The Morgan fingerprint density at radius 3 is 2.82 bits per heavy atom. The highest BCUT2D eigenvalue weighted by Crippen LogP contribution is 2.24. The summed E-state index contributed by atoms with van der Waals surface area (Å²) in [6.45, 7) is 3.85. The fraction of sp³-hybridized carbons (Fsp3) is 0.273. The molecule has 5 nitrogen and oxygen atoms in total. The van der Waals surface area contributed by atoms with E-state index in [1.807, 2.05) is 62.5 Å². The Kier molecular flexibility index (Phi) is 6.57. The summed E-state index contributed by atoms with van der Waals surface area (Å²) in [5.74, 6) is 0.324. The van der Waals surface area contributed by atoms with Gasteiger partial charge in [0.2, 0.25) is 0 Å². The minimum absolute atomic E-state index is 0.0345. The van der Waals surface area contributed by atoms with E-state index in [4.69, 9.17) is 4.74 Å². The number of nitriles is 1. The van der Waals surface area contributed by atoms with Crippen molar-refractivity contribution in [2.75, 3.05) is 0 Å². The van der Waals surface area contributed by atoms with Gasteiger partial charge >= 0.3 is 0 Å². The van der Waals surface area contributed by atoms with Crippen LogP contribution in [0.15, 0.2) is 48.7 Å². The lowest BCUT2D eigenvalue weighted by molar-refractivity contribution is 0.0931. The predicted octanol–water partition coefficient (Wildman–Crippen LogP) is 4.81. The van der Waals surface area contributed by atoms with Crippen molar-refractivity contribution in [3.63, 3.8) is 0 Å². The van der Waals surface area contributed by atoms with Crippen molar-refractivity contribution in [3.05, 3.63) is 63.4 Å². The van der Waals surface area contributed by atoms with Crippen LogP contribution in [0.3, 0.4) is 0 Å². The molecule has 1 amide bonds. The van der Waals surface area contributed by atoms with Gasteiger partial charge in [0.25, 0.3) is 5.91 Å². The van der Waals surface area contributed by atoms with E-state index in [1.165, 1.54) is 0 Å². The van der Waals surface area contributed by atoms with Crippen molar-refractivity contribution in [2.45, 2.75) is 38.8 Å². The summed E-state index contributed by atoms with van der Waals surface area (Å²) in [4.78, 5) is 16.2. The van der Waals surface area contributed by atoms with Crippen molar-refractivity contribution < 1.29 is 9.53 Å². The van der Waals surface area contributed by atoms with Gasteiger partial charge in [-0.3, -0.25) is 4.79 Å². The Labute approximate surface area is 178 Å². The normalized spacial score (nSPS) is 12.0. The number of benzene rings is 2. The molecule has 0 aliphatic heterocycles. The third-order valence-electron chi connectivity index (χ3n) is 4.36. The number of halogens is 1. The van der Waals surface area contributed by atoms with Crippen LogP contribution in [0.1, 0.15) is 36.2 Å². The van der Waals surface area contributed by atoms with Crippen molar-refractivity contribution in [1.82, 2.24) is 10.3 Å². The van der Waals surface area contributed by atoms with Crippen LogP contribution in [0.4, 0.5) is 0 Å². The molecular weight excluding hydrogens is 465 g/mol. The van der Waals surface area contributed by atoms with Gasteiger partial charge in [0.15, 0.2) is 0 Å². The van der Waals surface area contributed by atoms with Crippen LogP contribution in [-0.4, -0.2) is 23.0 Å². The number of rotatable bonds is 7. The van der Waals surface area contributed by atoms with E-state index in [-0.39, 0.29) is 24.5 Å². The SMILES string of the molecule is CC(C)Oc1ccc(I)cc1C(=O)NC(CC#N)Cc1c[nH]c2ccccc12. The first kappa shape index (κ1) is 20.2. The topological polar surface area (TPSA) is 77.9 Å². The molecule has 0 aliphatic carbocycles. The smallest absolute Gasteiger partial charge is 0.255 e. The van der Waals surface area contributed by atoms with Crippen molar-refractivity contribution in [2.24, 2.45) is 0 Å². The molecule has 0 saturated heterocycles. The first-order chi connectivity index (χ1) is 13.5. The van der Waals surface area contributed by atoms with Gasteiger partial charge in [0.05, 0.1) is 24.2 Å². The highest BCUT2D eigenvalue weighted by atomic mass is 127. The number of fused-ring (bicyclic) bond motifs is 1. The van der Waals surface area contributed by atoms with E-state index in [0.29, 0.717) is 17.7 Å². The van der Waals surface area contributed by atoms with Gasteiger partial charge in [-0.2, -0.15) is 5.26 Å². The Morgan fingerprint density at radius 2 is 2.07 bits per heavy atom. The molecule has 1 heterocycles. The molecule has 0 radical (unpaired) electrons. The second-order valence-electron chi connectivity index (χ2n) is 6.90. The molecule has 2 aromatic carbocycles. The number of para-hydroxylation sites is 1. The summed E-state index contributed by atoms with van der Waals surface area (Å²) in [5, 5.41) is 13.4. The zero-order chi connectivity index (χ0) is 20.1. The zero-order valence-corrected chi connectivity index (χ0v) is 18.0. The molecule has 1 atom stereocenters. The maximum atomic E-state index is 13.0. The number of nitrogens with one attached hydrogen (secondary N) is 2. The van der Waals surface area contributed by atoms with E-state index in [1.54, 1.807) is 0 Å². The van der Waals surface area contributed by atoms with Crippen LogP contribution in [0.5, 0.6) is 5.75 Å². The quantitative estimate of drug-likeness (QED) is 0.470. The minimum atomic E-state index is -0.290. The molecule has 3 aromatic rings. The van der Waals surface area contributed by atoms with E-state index < -0.39 is 0 Å². The first-order valence-corrected chi connectivity index (χ1v) is 10.2. The number of carbonyl (C=O) groups is 1. The lowest BCUT2D eigenvalue weighted by Gasteiger charge is -2.18. The zero-order valence-electron chi connectivity index (χ0n) is 15.8. The van der Waals surface area contributed by atoms with Gasteiger partial charge in [0, 0.05) is 26.7 Å². The molecule has 0 aliphatic rings. The third kappa shape index (κ3) is 4.84. The Balaban J connectivity index is 1.82. The molecule has 0 saturated carbocycles. The molecule has 0 spiro atoms. The van der Waals surface area contributed by atoms with E-state index in [9.17, 15) is 10.1 Å². The van der Waals surface area contributed by atoms with E-state index >= 15 is 0 Å². The van der Waals surface area contributed by atoms with Crippen molar-refractivity contribution >= 4 is 39.4 Å². The molecule has 28 heavy (non-hydrogen) atoms. The summed E-state index contributed by atoms with van der Waals surface area (Å²) in [7, 11) is 0. The van der Waals surface area contributed by atoms with Gasteiger partial charge in [-0.1, -0.05) is 18.2 Å². The molecule has 6 heteroatoms. The number of amides is 1. The molecule has 1 aromatic heterocycles. The van der Waals surface area contributed by atoms with Crippen LogP contribution in [0, 0.1) is 14.9 Å². The third-order valence-corrected chi connectivity index (χ3v) is 5.03. The highest BCUT2D eigenvalue weighted by Gasteiger charge is 2.20. The fourth-order valence-corrected chi connectivity index (χ4v) is 3.64. The van der Waals surface area contributed by atoms with Gasteiger partial charge < -0.3 is 15.0 Å². The first-order valence-electron chi connectivity index (χ1n) is 9.17. The number of nitrogens with zero attached hydrogens (tertiary/aromatic N) is 1. The molecule has 0 bridgehead atoms. The average molecular weight is 487 g/mol. The molecule has 144 valence electrons. The van der Waals surface area contributed by atoms with Crippen LogP contribution in [0.25, 0.3) is 10.9 Å². The number of ether oxygens (including phenoxy) is 1. The van der Waals surface area contributed by atoms with Crippen LogP contribution >= 0.6 is 22.6 Å². The molecule has 1 unspecified atom stereocenters. The van der Waals surface area contributed by atoms with Gasteiger partial charge in [0.1, 0.15) is 5.75 Å². The maximum Gasteiger partial charge on any atom is 0.255 e. The summed E-state index contributed by atoms with van der Waals surface area (Å²) in [6, 6.07) is 15.4. The lowest BCUT2D eigenvalue weighted by atomic mass is 10.0. The summed E-state index contributed by atoms with van der Waals surface area (Å²) < 4.78 is 6.74. The number of H-pyrrole nitrogens is 1. The Hall–Kier alpha value is -2.53. The second kappa shape index (κ2) is 9.11. The molecular formula is C22H22IN3O2.